The lowest BCUT2D eigenvalue weighted by Crippen LogP contribution is -2.40. The van der Waals surface area contributed by atoms with Crippen LogP contribution >= 0.6 is 0 Å². The summed E-state index contributed by atoms with van der Waals surface area (Å²) in [7, 11) is 0. The number of urea groups is 1. The van der Waals surface area contributed by atoms with E-state index in [0.717, 1.165) is 5.56 Å². The molecule has 0 saturated heterocycles. The molecule has 3 rings (SSSR count). The fourth-order valence-corrected chi connectivity index (χ4v) is 2.48. The Kier molecular flexibility index (Phi) is 4.54. The van der Waals surface area contributed by atoms with E-state index in [0.29, 0.717) is 16.7 Å². The number of amides is 2. The van der Waals surface area contributed by atoms with Crippen molar-refractivity contribution in [3.63, 3.8) is 0 Å². The van der Waals surface area contributed by atoms with Gasteiger partial charge in [0.1, 0.15) is 11.2 Å². The van der Waals surface area contributed by atoms with Gasteiger partial charge in [-0.1, -0.05) is 30.3 Å². The average Bonchev–Trinajstić information content (AvgIpc) is 2.61. The van der Waals surface area contributed by atoms with Crippen molar-refractivity contribution in [2.45, 2.75) is 12.5 Å². The van der Waals surface area contributed by atoms with Gasteiger partial charge in [0.25, 0.3) is 0 Å². The van der Waals surface area contributed by atoms with Crippen molar-refractivity contribution >= 4 is 22.7 Å². The minimum atomic E-state index is -1.18. The second-order valence-corrected chi connectivity index (χ2v) is 5.95. The van der Waals surface area contributed by atoms with Crippen LogP contribution in [0.4, 0.5) is 10.5 Å². The lowest BCUT2D eigenvalue weighted by Gasteiger charge is -2.24. The second kappa shape index (κ2) is 6.78. The van der Waals surface area contributed by atoms with Gasteiger partial charge in [-0.15, -0.1) is 0 Å². The summed E-state index contributed by atoms with van der Waals surface area (Å²) in [4.78, 5) is 23.2. The van der Waals surface area contributed by atoms with Crippen molar-refractivity contribution in [1.29, 1.82) is 0 Å². The number of anilines is 1. The standard InChI is InChI=1S/C19H18N2O4/c1-19(24,14-5-3-2-4-6-14)12-20-18(23)21-15-8-9-16-13(11-15)7-10-17(22)25-16/h2-11,24H,12H2,1H3,(H2,20,21,23)/t19-/m1/s1. The molecular weight excluding hydrogens is 320 g/mol. The van der Waals surface area contributed by atoms with E-state index >= 15 is 0 Å². The van der Waals surface area contributed by atoms with E-state index < -0.39 is 17.3 Å². The zero-order valence-corrected chi connectivity index (χ0v) is 13.7. The van der Waals surface area contributed by atoms with Gasteiger partial charge in [0.05, 0.1) is 6.54 Å². The maximum atomic E-state index is 12.1. The Labute approximate surface area is 144 Å². The fourth-order valence-electron chi connectivity index (χ4n) is 2.48. The second-order valence-electron chi connectivity index (χ2n) is 5.95. The molecule has 2 aromatic carbocycles. The molecule has 2 amide bonds. The Balaban J connectivity index is 1.64. The zero-order valence-electron chi connectivity index (χ0n) is 13.7. The number of hydrogen-bond acceptors (Lipinski definition) is 4. The van der Waals surface area contributed by atoms with Crippen molar-refractivity contribution in [3.05, 3.63) is 76.6 Å². The van der Waals surface area contributed by atoms with Crippen molar-refractivity contribution in [3.8, 4) is 0 Å². The average molecular weight is 338 g/mol. The van der Waals surface area contributed by atoms with Gasteiger partial charge in [0.2, 0.25) is 0 Å². The molecule has 3 N–H and O–H groups in total. The van der Waals surface area contributed by atoms with Gasteiger partial charge >= 0.3 is 11.7 Å². The predicted octanol–water partition coefficient (Wildman–Crippen LogP) is 2.82. The summed E-state index contributed by atoms with van der Waals surface area (Å²) in [5.74, 6) is 0. The third-order valence-electron chi connectivity index (χ3n) is 3.87. The Hall–Kier alpha value is -3.12. The molecule has 0 fully saturated rings. The first-order chi connectivity index (χ1) is 11.9. The highest BCUT2D eigenvalue weighted by molar-refractivity contribution is 5.92. The predicted molar refractivity (Wildman–Crippen MR) is 95.5 cm³/mol. The van der Waals surface area contributed by atoms with Crippen LogP contribution < -0.4 is 16.3 Å². The topological polar surface area (TPSA) is 91.6 Å². The van der Waals surface area contributed by atoms with Crippen LogP contribution in [0, 0.1) is 0 Å². The lowest BCUT2D eigenvalue weighted by molar-refractivity contribution is 0.0599. The van der Waals surface area contributed by atoms with Gasteiger partial charge in [0, 0.05) is 17.1 Å². The molecule has 0 spiro atoms. The summed E-state index contributed by atoms with van der Waals surface area (Å²) in [6.45, 7) is 1.70. The minimum absolute atomic E-state index is 0.0608. The first-order valence-electron chi connectivity index (χ1n) is 7.81. The highest BCUT2D eigenvalue weighted by Crippen LogP contribution is 2.20. The molecule has 0 saturated carbocycles. The van der Waals surface area contributed by atoms with E-state index in [1.54, 1.807) is 43.3 Å². The number of carbonyl (C=O) groups is 1. The smallest absolute Gasteiger partial charge is 0.336 e. The number of benzene rings is 2. The molecule has 0 aliphatic rings. The molecule has 1 aromatic heterocycles. The van der Waals surface area contributed by atoms with E-state index in [4.69, 9.17) is 4.42 Å². The zero-order chi connectivity index (χ0) is 17.9. The summed E-state index contributed by atoms with van der Waals surface area (Å²) in [5.41, 5.74) is 0.125. The summed E-state index contributed by atoms with van der Waals surface area (Å²) in [6, 6.07) is 16.6. The van der Waals surface area contributed by atoms with Crippen molar-refractivity contribution in [2.75, 3.05) is 11.9 Å². The molecule has 128 valence electrons. The molecule has 0 radical (unpaired) electrons. The Bertz CT molecular complexity index is 948. The molecule has 1 heterocycles. The number of hydrogen-bond donors (Lipinski definition) is 3. The Morgan fingerprint density at radius 1 is 1.12 bits per heavy atom. The first-order valence-corrected chi connectivity index (χ1v) is 7.81. The molecule has 1 atom stereocenters. The Morgan fingerprint density at radius 2 is 1.88 bits per heavy atom. The van der Waals surface area contributed by atoms with Crippen LogP contribution in [0.1, 0.15) is 12.5 Å². The van der Waals surface area contributed by atoms with Gasteiger partial charge in [-0.25, -0.2) is 9.59 Å². The normalized spacial score (nSPS) is 13.2. The van der Waals surface area contributed by atoms with Gasteiger partial charge in [-0.3, -0.25) is 0 Å². The third-order valence-corrected chi connectivity index (χ3v) is 3.87. The van der Waals surface area contributed by atoms with Crippen LogP contribution in [0.3, 0.4) is 0 Å². The number of fused-ring (bicyclic) bond motifs is 1. The number of carbonyl (C=O) groups excluding carboxylic acids is 1. The number of aliphatic hydroxyl groups is 1. The molecule has 6 heteroatoms. The third kappa shape index (κ3) is 4.05. The molecule has 3 aromatic rings. The SMILES string of the molecule is C[C@@](O)(CNC(=O)Nc1ccc2oc(=O)ccc2c1)c1ccccc1. The fraction of sp³-hybridized carbons (Fsp3) is 0.158. The molecule has 25 heavy (non-hydrogen) atoms. The summed E-state index contributed by atoms with van der Waals surface area (Å²) in [6.07, 6.45) is 0. The Morgan fingerprint density at radius 3 is 2.64 bits per heavy atom. The van der Waals surface area contributed by atoms with E-state index in [1.807, 2.05) is 18.2 Å². The van der Waals surface area contributed by atoms with Crippen LogP contribution in [0.2, 0.25) is 0 Å². The van der Waals surface area contributed by atoms with Crippen molar-refractivity contribution < 1.29 is 14.3 Å². The highest BCUT2D eigenvalue weighted by Gasteiger charge is 2.23. The van der Waals surface area contributed by atoms with E-state index in [1.165, 1.54) is 6.07 Å². The number of rotatable bonds is 4. The largest absolute Gasteiger partial charge is 0.423 e. The van der Waals surface area contributed by atoms with Gasteiger partial charge in [-0.05, 0) is 36.8 Å². The van der Waals surface area contributed by atoms with Gasteiger partial charge < -0.3 is 20.2 Å². The molecule has 6 nitrogen and oxygen atoms in total. The summed E-state index contributed by atoms with van der Waals surface area (Å²) < 4.78 is 5.05. The highest BCUT2D eigenvalue weighted by atomic mass is 16.4. The summed E-state index contributed by atoms with van der Waals surface area (Å²) in [5, 5.41) is 16.5. The summed E-state index contributed by atoms with van der Waals surface area (Å²) >= 11 is 0. The first kappa shape index (κ1) is 16.7. The minimum Gasteiger partial charge on any atom is -0.423 e. The van der Waals surface area contributed by atoms with Crippen LogP contribution in [-0.4, -0.2) is 17.7 Å². The van der Waals surface area contributed by atoms with E-state index in [-0.39, 0.29) is 6.54 Å². The van der Waals surface area contributed by atoms with Crippen LogP contribution in [0.5, 0.6) is 0 Å². The lowest BCUT2D eigenvalue weighted by atomic mass is 9.96. The molecule has 0 unspecified atom stereocenters. The van der Waals surface area contributed by atoms with Crippen LogP contribution in [0.25, 0.3) is 11.0 Å². The van der Waals surface area contributed by atoms with Gasteiger partial charge in [0.15, 0.2) is 0 Å². The molecule has 0 aliphatic carbocycles. The molecular formula is C19H18N2O4. The quantitative estimate of drug-likeness (QED) is 0.638. The maximum Gasteiger partial charge on any atom is 0.336 e. The monoisotopic (exact) mass is 338 g/mol. The van der Waals surface area contributed by atoms with E-state index in [2.05, 4.69) is 10.6 Å². The molecule has 0 aliphatic heterocycles. The number of nitrogens with one attached hydrogen (secondary N) is 2. The van der Waals surface area contributed by atoms with Crippen LogP contribution in [-0.2, 0) is 5.60 Å². The van der Waals surface area contributed by atoms with Crippen molar-refractivity contribution in [1.82, 2.24) is 5.32 Å². The van der Waals surface area contributed by atoms with Crippen LogP contribution in [0.15, 0.2) is 69.9 Å². The maximum absolute atomic E-state index is 12.1. The van der Waals surface area contributed by atoms with E-state index in [9.17, 15) is 14.7 Å². The van der Waals surface area contributed by atoms with Crippen molar-refractivity contribution in [2.24, 2.45) is 0 Å². The molecule has 0 bridgehead atoms. The van der Waals surface area contributed by atoms with Gasteiger partial charge in [-0.2, -0.15) is 0 Å².